The zero-order chi connectivity index (χ0) is 13.2. The molecule has 1 aromatic rings. The number of hydrogen-bond acceptors (Lipinski definition) is 5. The van der Waals surface area contributed by atoms with Crippen molar-refractivity contribution in [2.45, 2.75) is 6.54 Å². The van der Waals surface area contributed by atoms with Crippen LogP contribution in [0.1, 0.15) is 5.69 Å². The Kier molecular flexibility index (Phi) is 7.69. The van der Waals surface area contributed by atoms with Crippen molar-refractivity contribution in [3.63, 3.8) is 0 Å². The smallest absolute Gasteiger partial charge is 0.0543 e. The lowest BCUT2D eigenvalue weighted by Crippen LogP contribution is -2.30. The number of nitrogens with zero attached hydrogens (tertiary/aromatic N) is 2. The van der Waals surface area contributed by atoms with E-state index in [1.165, 1.54) is 41.8 Å². The van der Waals surface area contributed by atoms with Gasteiger partial charge in [-0.1, -0.05) is 6.07 Å². The maximum Gasteiger partial charge on any atom is 0.0543 e. The highest BCUT2D eigenvalue weighted by Gasteiger charge is 2.07. The van der Waals surface area contributed by atoms with Gasteiger partial charge >= 0.3 is 0 Å². The van der Waals surface area contributed by atoms with E-state index in [9.17, 15) is 0 Å². The van der Waals surface area contributed by atoms with Crippen molar-refractivity contribution in [1.82, 2.24) is 15.2 Å². The number of nitrogens with one attached hydrogen (secondary N) is 1. The van der Waals surface area contributed by atoms with Crippen LogP contribution in [0.2, 0.25) is 0 Å². The third-order valence-corrected chi connectivity index (χ3v) is 4.99. The number of aromatic nitrogens is 1. The average Bonchev–Trinajstić information content (AvgIpc) is 2.43. The minimum atomic E-state index is 0.986. The predicted molar refractivity (Wildman–Crippen MR) is 87.0 cm³/mol. The largest absolute Gasteiger partial charge is 0.315 e. The highest BCUT2D eigenvalue weighted by atomic mass is 32.2. The van der Waals surface area contributed by atoms with E-state index in [0.29, 0.717) is 0 Å². The van der Waals surface area contributed by atoms with Gasteiger partial charge < -0.3 is 5.32 Å². The van der Waals surface area contributed by atoms with Gasteiger partial charge in [0, 0.05) is 61.9 Å². The molecule has 1 aliphatic heterocycles. The highest BCUT2D eigenvalue weighted by molar-refractivity contribution is 7.99. The highest BCUT2D eigenvalue weighted by Crippen LogP contribution is 2.08. The van der Waals surface area contributed by atoms with Crippen LogP contribution < -0.4 is 5.32 Å². The number of hydrogen-bond donors (Lipinski definition) is 1. The molecule has 5 heteroatoms. The fraction of sp³-hybridized carbons (Fsp3) is 0.643. The number of thioether (sulfide) groups is 2. The van der Waals surface area contributed by atoms with Gasteiger partial charge in [-0.2, -0.15) is 23.5 Å². The van der Waals surface area contributed by atoms with Crippen LogP contribution in [0, 0.1) is 0 Å². The van der Waals surface area contributed by atoms with Crippen molar-refractivity contribution in [3.8, 4) is 0 Å². The summed E-state index contributed by atoms with van der Waals surface area (Å²) in [5.41, 5.74) is 1.19. The zero-order valence-corrected chi connectivity index (χ0v) is 13.0. The molecule has 0 saturated carbocycles. The van der Waals surface area contributed by atoms with Crippen molar-refractivity contribution in [1.29, 1.82) is 0 Å². The van der Waals surface area contributed by atoms with Gasteiger partial charge in [0.25, 0.3) is 0 Å². The summed E-state index contributed by atoms with van der Waals surface area (Å²) in [6, 6.07) is 6.19. The van der Waals surface area contributed by atoms with E-state index in [1.807, 2.05) is 12.3 Å². The second-order valence-electron chi connectivity index (χ2n) is 4.57. The maximum atomic E-state index is 4.44. The Bertz CT molecular complexity index is 323. The summed E-state index contributed by atoms with van der Waals surface area (Å²) in [6.07, 6.45) is 1.89. The van der Waals surface area contributed by atoms with E-state index in [1.54, 1.807) is 0 Å². The quantitative estimate of drug-likeness (QED) is 0.901. The van der Waals surface area contributed by atoms with E-state index in [-0.39, 0.29) is 0 Å². The summed E-state index contributed by atoms with van der Waals surface area (Å²) in [5.74, 6) is 4.89. The lowest BCUT2D eigenvalue weighted by atomic mass is 10.3. The molecule has 0 aromatic carbocycles. The molecule has 0 amide bonds. The Balaban J connectivity index is 1.81. The number of rotatable bonds is 2. The molecule has 0 radical (unpaired) electrons. The Hall–Kier alpha value is -0.230. The van der Waals surface area contributed by atoms with Gasteiger partial charge in [0.2, 0.25) is 0 Å². The van der Waals surface area contributed by atoms with E-state index in [2.05, 4.69) is 50.9 Å². The van der Waals surface area contributed by atoms with E-state index >= 15 is 0 Å². The first kappa shape index (κ1) is 15.2. The molecule has 2 rings (SSSR count). The van der Waals surface area contributed by atoms with Gasteiger partial charge in [-0.05, 0) is 12.1 Å². The number of pyridine rings is 1. The molecule has 0 unspecified atom stereocenters. The summed E-state index contributed by atoms with van der Waals surface area (Å²) in [6.45, 7) is 5.61. The van der Waals surface area contributed by atoms with Gasteiger partial charge in [-0.25, -0.2) is 0 Å². The van der Waals surface area contributed by atoms with Crippen LogP contribution in [0.5, 0.6) is 0 Å². The molecule has 2 heterocycles. The predicted octanol–water partition coefficient (Wildman–Crippen LogP) is 1.95. The van der Waals surface area contributed by atoms with Crippen LogP contribution in [0.15, 0.2) is 24.4 Å². The first-order chi connectivity index (χ1) is 9.45. The molecule has 106 valence electrons. The van der Waals surface area contributed by atoms with Gasteiger partial charge in [-0.15, -0.1) is 0 Å². The first-order valence-electron chi connectivity index (χ1n) is 6.93. The summed E-state index contributed by atoms with van der Waals surface area (Å²) in [4.78, 5) is 6.98. The molecule has 1 aliphatic rings. The van der Waals surface area contributed by atoms with Gasteiger partial charge in [0.15, 0.2) is 0 Å². The molecule has 1 saturated heterocycles. The third-order valence-electron chi connectivity index (χ3n) is 3.06. The third kappa shape index (κ3) is 6.65. The van der Waals surface area contributed by atoms with Crippen molar-refractivity contribution < 1.29 is 0 Å². The molecule has 3 nitrogen and oxygen atoms in total. The molecule has 19 heavy (non-hydrogen) atoms. The lowest BCUT2D eigenvalue weighted by molar-refractivity contribution is 0.297. The first-order valence-corrected chi connectivity index (χ1v) is 9.24. The van der Waals surface area contributed by atoms with Crippen LogP contribution in [-0.4, -0.2) is 59.1 Å². The maximum absolute atomic E-state index is 4.44. The normalized spacial score (nSPS) is 20.4. The van der Waals surface area contributed by atoms with Crippen LogP contribution in [0.4, 0.5) is 0 Å². The molecule has 1 N–H and O–H groups in total. The molecule has 0 spiro atoms. The molecular weight excluding hydrogens is 274 g/mol. The second kappa shape index (κ2) is 9.64. The van der Waals surface area contributed by atoms with Crippen LogP contribution in [-0.2, 0) is 6.54 Å². The second-order valence-corrected chi connectivity index (χ2v) is 7.02. The van der Waals surface area contributed by atoms with E-state index in [0.717, 1.165) is 19.6 Å². The average molecular weight is 297 g/mol. The summed E-state index contributed by atoms with van der Waals surface area (Å²) in [5, 5.41) is 3.49. The summed E-state index contributed by atoms with van der Waals surface area (Å²) >= 11 is 4.10. The van der Waals surface area contributed by atoms with Crippen LogP contribution >= 0.6 is 23.5 Å². The van der Waals surface area contributed by atoms with Gasteiger partial charge in [0.1, 0.15) is 0 Å². The monoisotopic (exact) mass is 297 g/mol. The minimum Gasteiger partial charge on any atom is -0.315 e. The SMILES string of the molecule is c1ccc(CN2CCSCCNCCSCC2)nc1. The molecular formula is C14H23N3S2. The zero-order valence-electron chi connectivity index (χ0n) is 11.4. The van der Waals surface area contributed by atoms with Crippen LogP contribution in [0.25, 0.3) is 0 Å². The fourth-order valence-corrected chi connectivity index (χ4v) is 3.76. The van der Waals surface area contributed by atoms with Crippen molar-refractivity contribution in [2.24, 2.45) is 0 Å². The van der Waals surface area contributed by atoms with Crippen LogP contribution in [0.3, 0.4) is 0 Å². The Morgan fingerprint density at radius 2 is 1.79 bits per heavy atom. The minimum absolute atomic E-state index is 0.986. The topological polar surface area (TPSA) is 28.2 Å². The van der Waals surface area contributed by atoms with E-state index in [4.69, 9.17) is 0 Å². The Morgan fingerprint density at radius 1 is 1.05 bits per heavy atom. The lowest BCUT2D eigenvalue weighted by Gasteiger charge is -2.22. The molecule has 0 atom stereocenters. The summed E-state index contributed by atoms with van der Waals surface area (Å²) in [7, 11) is 0. The van der Waals surface area contributed by atoms with Gasteiger partial charge in [0.05, 0.1) is 5.69 Å². The Labute approximate surface area is 124 Å². The Morgan fingerprint density at radius 3 is 2.42 bits per heavy atom. The standard InChI is InChI=1S/C14H23N3S2/c1-2-4-16-14(3-1)13-17-7-11-18-9-5-15-6-10-19-12-8-17/h1-4,15H,5-13H2. The molecule has 1 aromatic heterocycles. The van der Waals surface area contributed by atoms with Gasteiger partial charge in [-0.3, -0.25) is 9.88 Å². The fourth-order valence-electron chi connectivity index (χ4n) is 2.00. The molecule has 0 aliphatic carbocycles. The molecule has 0 bridgehead atoms. The van der Waals surface area contributed by atoms with E-state index < -0.39 is 0 Å². The van der Waals surface area contributed by atoms with Crippen molar-refractivity contribution >= 4 is 23.5 Å². The summed E-state index contributed by atoms with van der Waals surface area (Å²) < 4.78 is 0. The van der Waals surface area contributed by atoms with Crippen molar-refractivity contribution in [2.75, 3.05) is 49.2 Å². The molecule has 1 fully saturated rings. The van der Waals surface area contributed by atoms with Crippen molar-refractivity contribution in [3.05, 3.63) is 30.1 Å².